The second-order valence-corrected chi connectivity index (χ2v) is 10.9. The van der Waals surface area contributed by atoms with Gasteiger partial charge in [-0.25, -0.2) is 0 Å². The lowest BCUT2D eigenvalue weighted by Gasteiger charge is -2.32. The van der Waals surface area contributed by atoms with Crippen LogP contribution in [0.4, 0.5) is 17.1 Å². The molecule has 4 aromatic rings. The first-order valence-corrected chi connectivity index (χ1v) is 14.1. The summed E-state index contributed by atoms with van der Waals surface area (Å²) >= 11 is 1.35. The Hall–Kier alpha value is -4.96. The van der Waals surface area contributed by atoms with Crippen LogP contribution in [0, 0.1) is 0 Å². The molecule has 9 nitrogen and oxygen atoms in total. The molecule has 1 N–H and O–H groups in total. The molecule has 214 valence electrons. The average Bonchev–Trinajstić information content (AvgIpc) is 3.61. The van der Waals surface area contributed by atoms with Gasteiger partial charge in [0.05, 0.1) is 18.4 Å². The molecule has 1 aromatic heterocycles. The highest BCUT2D eigenvalue weighted by Gasteiger charge is 2.39. The van der Waals surface area contributed by atoms with Gasteiger partial charge < -0.3 is 19.9 Å². The van der Waals surface area contributed by atoms with E-state index in [-0.39, 0.29) is 12.1 Å². The average molecular weight is 583 g/mol. The van der Waals surface area contributed by atoms with Gasteiger partial charge in [0.15, 0.2) is 0 Å². The van der Waals surface area contributed by atoms with E-state index in [2.05, 4.69) is 5.32 Å². The van der Waals surface area contributed by atoms with Crippen LogP contribution in [0.25, 0.3) is 0 Å². The van der Waals surface area contributed by atoms with Crippen LogP contribution in [0.3, 0.4) is 0 Å². The van der Waals surface area contributed by atoms with Crippen molar-refractivity contribution in [2.24, 2.45) is 0 Å². The third-order valence-electron chi connectivity index (χ3n) is 7.03. The Morgan fingerprint density at radius 2 is 1.64 bits per heavy atom. The summed E-state index contributed by atoms with van der Waals surface area (Å²) in [5, 5.41) is 4.81. The van der Waals surface area contributed by atoms with Crippen molar-refractivity contribution in [3.63, 3.8) is 0 Å². The Kier molecular flexibility index (Phi) is 8.35. The summed E-state index contributed by atoms with van der Waals surface area (Å²) in [7, 11) is 5.43. The lowest BCUT2D eigenvalue weighted by atomic mass is 10.1. The molecule has 0 bridgehead atoms. The van der Waals surface area contributed by atoms with Crippen molar-refractivity contribution in [1.29, 1.82) is 0 Å². The summed E-state index contributed by atoms with van der Waals surface area (Å²) in [4.78, 5) is 58.8. The molecule has 1 aliphatic heterocycles. The van der Waals surface area contributed by atoms with Crippen molar-refractivity contribution in [2.45, 2.75) is 12.6 Å². The number of Topliss-reactive ketones (excluding diaryl/α,β-unsaturated/α-hetero) is 1. The van der Waals surface area contributed by atoms with E-state index in [1.54, 1.807) is 61.7 Å². The van der Waals surface area contributed by atoms with Gasteiger partial charge in [0, 0.05) is 36.9 Å². The van der Waals surface area contributed by atoms with Crippen LogP contribution in [-0.4, -0.2) is 56.2 Å². The van der Waals surface area contributed by atoms with Gasteiger partial charge in [0.2, 0.25) is 5.91 Å². The molecule has 1 atom stereocenters. The lowest BCUT2D eigenvalue weighted by molar-refractivity contribution is -0.138. The molecule has 3 aromatic carbocycles. The molecular formula is C32H30N4O5S. The predicted octanol–water partition coefficient (Wildman–Crippen LogP) is 4.76. The minimum absolute atomic E-state index is 0.0794. The number of amides is 3. The van der Waals surface area contributed by atoms with E-state index in [1.165, 1.54) is 21.1 Å². The second-order valence-electron chi connectivity index (χ2n) is 9.96. The summed E-state index contributed by atoms with van der Waals surface area (Å²) in [6, 6.07) is 23.8. The summed E-state index contributed by atoms with van der Waals surface area (Å²) in [5.41, 5.74) is 2.95. The number of para-hydroxylation sites is 1. The Balaban J connectivity index is 1.50. The van der Waals surface area contributed by atoms with Crippen LogP contribution in [0.5, 0.6) is 5.75 Å². The fourth-order valence-electron chi connectivity index (χ4n) is 4.81. The van der Waals surface area contributed by atoms with Crippen molar-refractivity contribution in [3.05, 3.63) is 106 Å². The zero-order valence-electron chi connectivity index (χ0n) is 23.4. The molecule has 5 rings (SSSR count). The van der Waals surface area contributed by atoms with Gasteiger partial charge >= 0.3 is 0 Å². The number of ether oxygens (including phenoxy) is 1. The topological polar surface area (TPSA) is 99.3 Å². The normalized spacial score (nSPS) is 13.0. The van der Waals surface area contributed by atoms with E-state index in [0.717, 1.165) is 11.3 Å². The van der Waals surface area contributed by atoms with E-state index in [9.17, 15) is 19.2 Å². The maximum Gasteiger partial charge on any atom is 0.299 e. The molecule has 3 amide bonds. The number of ketones is 1. The quantitative estimate of drug-likeness (QED) is 0.271. The smallest absolute Gasteiger partial charge is 0.299 e. The molecular weight excluding hydrogens is 552 g/mol. The van der Waals surface area contributed by atoms with Gasteiger partial charge in [-0.15, -0.1) is 11.3 Å². The first-order valence-electron chi connectivity index (χ1n) is 13.3. The highest BCUT2D eigenvalue weighted by Crippen LogP contribution is 2.32. The lowest BCUT2D eigenvalue weighted by Crippen LogP contribution is -2.46. The van der Waals surface area contributed by atoms with Gasteiger partial charge in [0.25, 0.3) is 17.6 Å². The highest BCUT2D eigenvalue weighted by molar-refractivity contribution is 7.10. The maximum absolute atomic E-state index is 14.1. The number of nitrogens with one attached hydrogen (secondary N) is 1. The largest absolute Gasteiger partial charge is 0.497 e. The summed E-state index contributed by atoms with van der Waals surface area (Å²) < 4.78 is 5.28. The van der Waals surface area contributed by atoms with Gasteiger partial charge in [-0.05, 0) is 65.5 Å². The molecule has 0 fully saturated rings. The number of benzene rings is 3. The Morgan fingerprint density at radius 1 is 0.929 bits per heavy atom. The fraction of sp³-hybridized carbons (Fsp3) is 0.188. The van der Waals surface area contributed by atoms with Crippen molar-refractivity contribution < 1.29 is 23.9 Å². The van der Waals surface area contributed by atoms with E-state index in [1.807, 2.05) is 54.7 Å². The molecule has 1 aliphatic rings. The van der Waals surface area contributed by atoms with Crippen molar-refractivity contribution in [3.8, 4) is 5.75 Å². The molecule has 10 heteroatoms. The SMILES string of the molecule is COc1ccc(CN(C(=O)CN2C(=O)C(=O)c3ccccc32)[C@H](C(=O)Nc2ccc(N(C)C)cc2)c2cccs2)cc1. The third-order valence-corrected chi connectivity index (χ3v) is 7.95. The number of carbonyl (C=O) groups excluding carboxylic acids is 4. The van der Waals surface area contributed by atoms with Crippen LogP contribution in [0.1, 0.15) is 26.8 Å². The van der Waals surface area contributed by atoms with E-state index < -0.39 is 36.1 Å². The van der Waals surface area contributed by atoms with Gasteiger partial charge in [-0.3, -0.25) is 24.1 Å². The standard InChI is InChI=1S/C32H30N4O5S/c1-34(2)23-14-12-22(13-15-23)33-31(39)29(27-9-6-18-42-27)36(19-21-10-16-24(41-3)17-11-21)28(37)20-35-26-8-5-4-7-25(26)30(38)32(35)40/h4-18,29H,19-20H2,1-3H3,(H,33,39)/t29-/m0/s1. The number of thiophene rings is 1. The molecule has 0 unspecified atom stereocenters. The molecule has 0 aliphatic carbocycles. The monoisotopic (exact) mass is 582 g/mol. The number of nitrogens with zero attached hydrogens (tertiary/aromatic N) is 3. The molecule has 0 spiro atoms. The molecule has 2 heterocycles. The molecule has 0 saturated heterocycles. The highest BCUT2D eigenvalue weighted by atomic mass is 32.1. The van der Waals surface area contributed by atoms with E-state index in [4.69, 9.17) is 4.74 Å². The minimum atomic E-state index is -1.00. The van der Waals surface area contributed by atoms with Gasteiger partial charge in [-0.1, -0.05) is 30.3 Å². The van der Waals surface area contributed by atoms with Crippen molar-refractivity contribution in [2.75, 3.05) is 42.9 Å². The van der Waals surface area contributed by atoms with Crippen LogP contribution < -0.4 is 19.9 Å². The summed E-state index contributed by atoms with van der Waals surface area (Å²) in [6.07, 6.45) is 0. The number of rotatable bonds is 10. The predicted molar refractivity (Wildman–Crippen MR) is 163 cm³/mol. The zero-order valence-corrected chi connectivity index (χ0v) is 24.3. The van der Waals surface area contributed by atoms with Crippen LogP contribution >= 0.6 is 11.3 Å². The third kappa shape index (κ3) is 5.89. The molecule has 0 radical (unpaired) electrons. The van der Waals surface area contributed by atoms with E-state index in [0.29, 0.717) is 22.0 Å². The number of fused-ring (bicyclic) bond motifs is 1. The number of anilines is 3. The number of hydrogen-bond donors (Lipinski definition) is 1. The minimum Gasteiger partial charge on any atom is -0.497 e. The fourth-order valence-corrected chi connectivity index (χ4v) is 5.64. The Morgan fingerprint density at radius 3 is 2.29 bits per heavy atom. The van der Waals surface area contributed by atoms with E-state index >= 15 is 0 Å². The zero-order chi connectivity index (χ0) is 29.8. The maximum atomic E-state index is 14.1. The second kappa shape index (κ2) is 12.3. The van der Waals surface area contributed by atoms with Crippen molar-refractivity contribution >= 4 is 51.9 Å². The number of hydrogen-bond acceptors (Lipinski definition) is 7. The Bertz CT molecular complexity index is 1600. The van der Waals surface area contributed by atoms with Crippen LogP contribution in [-0.2, 0) is 20.9 Å². The van der Waals surface area contributed by atoms with Gasteiger partial charge in [-0.2, -0.15) is 0 Å². The van der Waals surface area contributed by atoms with Crippen LogP contribution in [0.2, 0.25) is 0 Å². The summed E-state index contributed by atoms with van der Waals surface area (Å²) in [5.74, 6) is -1.66. The number of methoxy groups -OCH3 is 1. The summed E-state index contributed by atoms with van der Waals surface area (Å²) in [6.45, 7) is -0.319. The van der Waals surface area contributed by atoms with Crippen molar-refractivity contribution in [1.82, 2.24) is 4.90 Å². The molecule has 42 heavy (non-hydrogen) atoms. The first kappa shape index (κ1) is 28.6. The van der Waals surface area contributed by atoms with Crippen LogP contribution in [0.15, 0.2) is 90.3 Å². The molecule has 0 saturated carbocycles. The Labute approximate surface area is 247 Å². The number of carbonyl (C=O) groups is 4. The first-order chi connectivity index (χ1) is 20.3. The van der Waals surface area contributed by atoms with Gasteiger partial charge in [0.1, 0.15) is 18.3 Å².